The van der Waals surface area contributed by atoms with Gasteiger partial charge in [0.1, 0.15) is 0 Å². The van der Waals surface area contributed by atoms with Crippen LogP contribution in [-0.4, -0.2) is 22.1 Å². The number of carboxylic acid groups (broad SMARTS) is 1. The van der Waals surface area contributed by atoms with Crippen molar-refractivity contribution in [1.82, 2.24) is 4.98 Å². The number of amides is 2. The molecule has 21 heavy (non-hydrogen) atoms. The fraction of sp³-hybridized carbons (Fsp3) is 0.133. The summed E-state index contributed by atoms with van der Waals surface area (Å²) in [5.41, 5.74) is 2.41. The number of benzene rings is 1. The molecule has 0 saturated heterocycles. The predicted molar refractivity (Wildman–Crippen MR) is 79.8 cm³/mol. The number of carbonyl (C=O) groups excluding carboxylic acids is 1. The molecule has 1 aromatic heterocycles. The van der Waals surface area contributed by atoms with Crippen molar-refractivity contribution >= 4 is 23.4 Å². The van der Waals surface area contributed by atoms with E-state index in [1.807, 2.05) is 0 Å². The number of nitrogens with zero attached hydrogens (tertiary/aromatic N) is 1. The van der Waals surface area contributed by atoms with E-state index in [1.54, 1.807) is 44.3 Å². The number of aryl methyl sites for hydroxylation is 1. The summed E-state index contributed by atoms with van der Waals surface area (Å²) in [7, 11) is 0. The number of nitrogens with one attached hydrogen (secondary N) is 2. The lowest BCUT2D eigenvalue weighted by Crippen LogP contribution is -2.21. The molecule has 0 bridgehead atoms. The van der Waals surface area contributed by atoms with Gasteiger partial charge in [-0.2, -0.15) is 0 Å². The smallest absolute Gasteiger partial charge is 0.336 e. The molecule has 0 atom stereocenters. The highest BCUT2D eigenvalue weighted by Crippen LogP contribution is 2.19. The zero-order valence-electron chi connectivity index (χ0n) is 11.7. The van der Waals surface area contributed by atoms with Gasteiger partial charge in [0.25, 0.3) is 0 Å². The van der Waals surface area contributed by atoms with Crippen molar-refractivity contribution in [3.8, 4) is 0 Å². The number of pyridine rings is 1. The number of carboxylic acids is 1. The van der Waals surface area contributed by atoms with E-state index in [0.717, 1.165) is 0 Å². The van der Waals surface area contributed by atoms with Crippen LogP contribution in [0.1, 0.15) is 21.6 Å². The van der Waals surface area contributed by atoms with Gasteiger partial charge in [0.05, 0.1) is 16.9 Å². The van der Waals surface area contributed by atoms with Crippen LogP contribution in [0.5, 0.6) is 0 Å². The first-order chi connectivity index (χ1) is 9.99. The molecule has 0 unspecified atom stereocenters. The molecule has 0 aliphatic rings. The van der Waals surface area contributed by atoms with Crippen molar-refractivity contribution in [1.29, 1.82) is 0 Å². The third-order valence-electron chi connectivity index (χ3n) is 3.07. The zero-order valence-corrected chi connectivity index (χ0v) is 11.7. The molecular weight excluding hydrogens is 270 g/mol. The number of hydrogen-bond donors (Lipinski definition) is 3. The molecule has 3 N–H and O–H groups in total. The molecule has 2 amide bonds. The number of carbonyl (C=O) groups is 2. The lowest BCUT2D eigenvalue weighted by molar-refractivity contribution is 0.0696. The fourth-order valence-corrected chi connectivity index (χ4v) is 1.89. The van der Waals surface area contributed by atoms with Crippen LogP contribution < -0.4 is 10.6 Å². The lowest BCUT2D eigenvalue weighted by Gasteiger charge is -2.12. The van der Waals surface area contributed by atoms with E-state index >= 15 is 0 Å². The number of rotatable bonds is 3. The Kier molecular flexibility index (Phi) is 4.18. The van der Waals surface area contributed by atoms with Gasteiger partial charge < -0.3 is 15.7 Å². The van der Waals surface area contributed by atoms with Gasteiger partial charge in [0.15, 0.2) is 0 Å². The summed E-state index contributed by atoms with van der Waals surface area (Å²) in [6.45, 7) is 3.43. The first-order valence-corrected chi connectivity index (χ1v) is 6.31. The topological polar surface area (TPSA) is 91.3 Å². The molecule has 0 aliphatic carbocycles. The van der Waals surface area contributed by atoms with E-state index in [2.05, 4.69) is 15.6 Å². The molecular formula is C15H15N3O3. The second kappa shape index (κ2) is 6.04. The number of aromatic nitrogens is 1. The molecule has 0 spiro atoms. The van der Waals surface area contributed by atoms with Crippen LogP contribution in [0, 0.1) is 13.8 Å². The fourth-order valence-electron chi connectivity index (χ4n) is 1.89. The monoisotopic (exact) mass is 285 g/mol. The minimum absolute atomic E-state index is 0.158. The van der Waals surface area contributed by atoms with Gasteiger partial charge in [0, 0.05) is 11.9 Å². The SMILES string of the molecule is Cc1ncccc1NC(=O)Nc1cccc(C(=O)O)c1C. The Labute approximate surface area is 121 Å². The van der Waals surface area contributed by atoms with Crippen LogP contribution in [-0.2, 0) is 0 Å². The Morgan fingerprint density at radius 3 is 2.38 bits per heavy atom. The molecule has 108 valence electrons. The van der Waals surface area contributed by atoms with Crippen LogP contribution >= 0.6 is 0 Å². The van der Waals surface area contributed by atoms with Crippen LogP contribution in [0.4, 0.5) is 16.2 Å². The Bertz CT molecular complexity index is 698. The average Bonchev–Trinajstić information content (AvgIpc) is 2.43. The number of aromatic carboxylic acids is 1. The summed E-state index contributed by atoms with van der Waals surface area (Å²) in [6, 6.07) is 7.74. The van der Waals surface area contributed by atoms with Gasteiger partial charge in [-0.15, -0.1) is 0 Å². The molecule has 0 aliphatic heterocycles. The van der Waals surface area contributed by atoms with Gasteiger partial charge in [-0.05, 0) is 43.7 Å². The second-order valence-electron chi connectivity index (χ2n) is 4.50. The van der Waals surface area contributed by atoms with Crippen LogP contribution in [0.3, 0.4) is 0 Å². The van der Waals surface area contributed by atoms with Crippen molar-refractivity contribution in [2.45, 2.75) is 13.8 Å². The zero-order chi connectivity index (χ0) is 15.4. The molecule has 1 aromatic carbocycles. The minimum atomic E-state index is -1.03. The highest BCUT2D eigenvalue weighted by atomic mass is 16.4. The summed E-state index contributed by atoms with van der Waals surface area (Å²) < 4.78 is 0. The average molecular weight is 285 g/mol. The molecule has 0 fully saturated rings. The van der Waals surface area contributed by atoms with Crippen molar-refractivity contribution in [2.75, 3.05) is 10.6 Å². The van der Waals surface area contributed by atoms with E-state index in [-0.39, 0.29) is 5.56 Å². The Hall–Kier alpha value is -2.89. The van der Waals surface area contributed by atoms with E-state index < -0.39 is 12.0 Å². The van der Waals surface area contributed by atoms with E-state index in [0.29, 0.717) is 22.6 Å². The van der Waals surface area contributed by atoms with Gasteiger partial charge in [-0.25, -0.2) is 9.59 Å². The normalized spacial score (nSPS) is 10.0. The van der Waals surface area contributed by atoms with Gasteiger partial charge in [-0.3, -0.25) is 4.98 Å². The molecule has 0 radical (unpaired) electrons. The third-order valence-corrected chi connectivity index (χ3v) is 3.07. The molecule has 1 heterocycles. The Morgan fingerprint density at radius 2 is 1.71 bits per heavy atom. The molecule has 6 heteroatoms. The maximum absolute atomic E-state index is 12.0. The molecule has 2 rings (SSSR count). The molecule has 0 saturated carbocycles. The summed E-state index contributed by atoms with van der Waals surface area (Å²) in [4.78, 5) is 27.1. The first-order valence-electron chi connectivity index (χ1n) is 6.31. The van der Waals surface area contributed by atoms with E-state index in [1.165, 1.54) is 6.07 Å². The van der Waals surface area contributed by atoms with E-state index in [4.69, 9.17) is 5.11 Å². The number of urea groups is 1. The third kappa shape index (κ3) is 3.36. The van der Waals surface area contributed by atoms with Crippen LogP contribution in [0.25, 0.3) is 0 Å². The van der Waals surface area contributed by atoms with Gasteiger partial charge >= 0.3 is 12.0 Å². The first kappa shape index (κ1) is 14.5. The standard InChI is InChI=1S/C15H15N3O3/c1-9-11(14(19)20)5-3-6-12(9)17-15(21)18-13-7-4-8-16-10(13)2/h3-8H,1-2H3,(H,19,20)(H2,17,18,21). The summed E-state index contributed by atoms with van der Waals surface area (Å²) in [6.07, 6.45) is 1.64. The van der Waals surface area contributed by atoms with Crippen molar-refractivity contribution < 1.29 is 14.7 Å². The maximum Gasteiger partial charge on any atom is 0.336 e. The van der Waals surface area contributed by atoms with Crippen LogP contribution in [0.2, 0.25) is 0 Å². The van der Waals surface area contributed by atoms with Crippen LogP contribution in [0.15, 0.2) is 36.5 Å². The number of hydrogen-bond acceptors (Lipinski definition) is 3. The Morgan fingerprint density at radius 1 is 1.05 bits per heavy atom. The molecule has 6 nitrogen and oxygen atoms in total. The van der Waals surface area contributed by atoms with Gasteiger partial charge in [-0.1, -0.05) is 6.07 Å². The minimum Gasteiger partial charge on any atom is -0.478 e. The maximum atomic E-state index is 12.0. The molecule has 2 aromatic rings. The predicted octanol–water partition coefficient (Wildman–Crippen LogP) is 3.04. The highest BCUT2D eigenvalue weighted by Gasteiger charge is 2.12. The van der Waals surface area contributed by atoms with Gasteiger partial charge in [0.2, 0.25) is 0 Å². The summed E-state index contributed by atoms with van der Waals surface area (Å²) in [5.74, 6) is -1.03. The van der Waals surface area contributed by atoms with E-state index in [9.17, 15) is 9.59 Å². The quantitative estimate of drug-likeness (QED) is 0.808. The number of anilines is 2. The summed E-state index contributed by atoms with van der Waals surface area (Å²) >= 11 is 0. The largest absolute Gasteiger partial charge is 0.478 e. The van der Waals surface area contributed by atoms with Crippen molar-refractivity contribution in [2.24, 2.45) is 0 Å². The van der Waals surface area contributed by atoms with Crippen molar-refractivity contribution in [3.05, 3.63) is 53.3 Å². The highest BCUT2D eigenvalue weighted by molar-refractivity contribution is 6.01. The Balaban J connectivity index is 2.15. The van der Waals surface area contributed by atoms with Crippen molar-refractivity contribution in [3.63, 3.8) is 0 Å². The summed E-state index contributed by atoms with van der Waals surface area (Å²) in [5, 5.41) is 14.4. The lowest BCUT2D eigenvalue weighted by atomic mass is 10.1. The second-order valence-corrected chi connectivity index (χ2v) is 4.50.